The van der Waals surface area contributed by atoms with E-state index in [9.17, 15) is 0 Å². The molecule has 1 aromatic rings. The molecule has 1 unspecified atom stereocenters. The maximum atomic E-state index is 5.65. The lowest BCUT2D eigenvalue weighted by Gasteiger charge is -2.22. The lowest BCUT2D eigenvalue weighted by Crippen LogP contribution is -2.43. The summed E-state index contributed by atoms with van der Waals surface area (Å²) in [5, 5.41) is 6.71. The summed E-state index contributed by atoms with van der Waals surface area (Å²) in [6, 6.07) is 3.88. The Hall–Kier alpha value is -1.53. The van der Waals surface area contributed by atoms with Crippen LogP contribution in [0.1, 0.15) is 32.4 Å². The molecule has 1 aliphatic heterocycles. The van der Waals surface area contributed by atoms with Gasteiger partial charge in [0.2, 0.25) is 0 Å². The van der Waals surface area contributed by atoms with Gasteiger partial charge in [-0.15, -0.1) is 0 Å². The fourth-order valence-corrected chi connectivity index (χ4v) is 2.28. The maximum absolute atomic E-state index is 5.65. The first-order valence-corrected chi connectivity index (χ1v) is 8.30. The molecule has 0 amide bonds. The highest BCUT2D eigenvalue weighted by atomic mass is 16.5. The van der Waals surface area contributed by atoms with Gasteiger partial charge in [-0.05, 0) is 38.8 Å². The third-order valence-corrected chi connectivity index (χ3v) is 3.94. The molecule has 0 aliphatic carbocycles. The number of hydrogen-bond acceptors (Lipinski definition) is 4. The first-order chi connectivity index (χ1) is 11.1. The van der Waals surface area contributed by atoms with Gasteiger partial charge >= 0.3 is 0 Å². The van der Waals surface area contributed by atoms with Crippen molar-refractivity contribution >= 4 is 5.96 Å². The number of guanidine groups is 1. The normalized spacial score (nSPS) is 19.1. The first-order valence-electron chi connectivity index (χ1n) is 8.30. The summed E-state index contributed by atoms with van der Waals surface area (Å²) in [4.78, 5) is 4.63. The van der Waals surface area contributed by atoms with E-state index in [4.69, 9.17) is 13.9 Å². The minimum atomic E-state index is -0.278. The molecular formula is C17H29N3O3. The largest absolute Gasteiger partial charge is 0.469 e. The predicted octanol–water partition coefficient (Wildman–Crippen LogP) is 1.96. The Morgan fingerprint density at radius 3 is 2.96 bits per heavy atom. The molecule has 1 fully saturated rings. The minimum Gasteiger partial charge on any atom is -0.469 e. The Kier molecular flexibility index (Phi) is 6.92. The number of ether oxygens (including phenoxy) is 2. The van der Waals surface area contributed by atoms with Crippen LogP contribution in [0.5, 0.6) is 0 Å². The Bertz CT molecular complexity index is 465. The van der Waals surface area contributed by atoms with Crippen molar-refractivity contribution in [3.05, 3.63) is 24.2 Å². The van der Waals surface area contributed by atoms with Crippen LogP contribution >= 0.6 is 0 Å². The second-order valence-electron chi connectivity index (χ2n) is 6.40. The zero-order chi connectivity index (χ0) is 16.5. The van der Waals surface area contributed by atoms with Crippen molar-refractivity contribution < 1.29 is 13.9 Å². The molecule has 23 heavy (non-hydrogen) atoms. The van der Waals surface area contributed by atoms with Crippen molar-refractivity contribution in [1.82, 2.24) is 10.6 Å². The van der Waals surface area contributed by atoms with Crippen LogP contribution in [0.25, 0.3) is 0 Å². The Labute approximate surface area is 138 Å². The highest BCUT2D eigenvalue weighted by Crippen LogP contribution is 2.11. The summed E-state index contributed by atoms with van der Waals surface area (Å²) in [7, 11) is 1.71. The summed E-state index contributed by atoms with van der Waals surface area (Å²) in [6.45, 7) is 7.04. The summed E-state index contributed by atoms with van der Waals surface area (Å²) >= 11 is 0. The van der Waals surface area contributed by atoms with Gasteiger partial charge < -0.3 is 24.5 Å². The average molecular weight is 323 g/mol. The quantitative estimate of drug-likeness (QED) is 0.565. The zero-order valence-corrected chi connectivity index (χ0v) is 14.4. The Morgan fingerprint density at radius 2 is 2.30 bits per heavy atom. The lowest BCUT2D eigenvalue weighted by molar-refractivity contribution is 0.0310. The van der Waals surface area contributed by atoms with Gasteiger partial charge in [-0.25, -0.2) is 0 Å². The standard InChI is InChI=1S/C17H29N3O3/c1-17(2,21-3)13-20-16(19-12-15-7-5-11-23-15)18-9-8-14-6-4-10-22-14/h4,6,10,15H,5,7-9,11-13H2,1-3H3,(H2,18,19,20). The van der Waals surface area contributed by atoms with Crippen LogP contribution in [-0.2, 0) is 15.9 Å². The number of rotatable bonds is 8. The first kappa shape index (κ1) is 17.8. The van der Waals surface area contributed by atoms with E-state index in [0.717, 1.165) is 50.7 Å². The van der Waals surface area contributed by atoms with Crippen LogP contribution in [0.15, 0.2) is 27.8 Å². The van der Waals surface area contributed by atoms with Gasteiger partial charge in [0, 0.05) is 33.2 Å². The number of hydrogen-bond donors (Lipinski definition) is 2. The zero-order valence-electron chi connectivity index (χ0n) is 14.4. The molecule has 0 bridgehead atoms. The van der Waals surface area contributed by atoms with Crippen LogP contribution < -0.4 is 10.6 Å². The summed E-state index contributed by atoms with van der Waals surface area (Å²) in [5.74, 6) is 1.75. The highest BCUT2D eigenvalue weighted by molar-refractivity contribution is 5.79. The summed E-state index contributed by atoms with van der Waals surface area (Å²) in [5.41, 5.74) is -0.278. The van der Waals surface area contributed by atoms with E-state index in [0.29, 0.717) is 6.54 Å². The molecule has 2 heterocycles. The van der Waals surface area contributed by atoms with Gasteiger partial charge in [0.25, 0.3) is 0 Å². The molecule has 1 aromatic heterocycles. The summed E-state index contributed by atoms with van der Waals surface area (Å²) < 4.78 is 16.4. The van der Waals surface area contributed by atoms with Gasteiger partial charge in [-0.1, -0.05) is 0 Å². The molecule has 130 valence electrons. The van der Waals surface area contributed by atoms with Crippen LogP contribution in [0.3, 0.4) is 0 Å². The number of nitrogens with one attached hydrogen (secondary N) is 2. The van der Waals surface area contributed by atoms with Crippen molar-refractivity contribution in [2.45, 2.75) is 44.8 Å². The predicted molar refractivity (Wildman–Crippen MR) is 90.8 cm³/mol. The fraction of sp³-hybridized carbons (Fsp3) is 0.706. The molecule has 0 spiro atoms. The van der Waals surface area contributed by atoms with E-state index in [1.165, 1.54) is 0 Å². The smallest absolute Gasteiger partial charge is 0.191 e. The molecule has 2 N–H and O–H groups in total. The molecular weight excluding hydrogens is 294 g/mol. The van der Waals surface area contributed by atoms with E-state index in [1.807, 2.05) is 26.0 Å². The van der Waals surface area contributed by atoms with E-state index < -0.39 is 0 Å². The molecule has 1 aliphatic rings. The molecule has 2 rings (SSSR count). The van der Waals surface area contributed by atoms with Gasteiger partial charge in [0.15, 0.2) is 5.96 Å². The van der Waals surface area contributed by atoms with Gasteiger partial charge in [0.05, 0.1) is 24.5 Å². The molecule has 1 saturated heterocycles. The maximum Gasteiger partial charge on any atom is 0.191 e. The molecule has 1 atom stereocenters. The van der Waals surface area contributed by atoms with Crippen LogP contribution in [0, 0.1) is 0 Å². The molecule has 0 aromatic carbocycles. The number of aliphatic imine (C=N–C) groups is 1. The molecule has 0 radical (unpaired) electrons. The highest BCUT2D eigenvalue weighted by Gasteiger charge is 2.18. The monoisotopic (exact) mass is 323 g/mol. The fourth-order valence-electron chi connectivity index (χ4n) is 2.28. The summed E-state index contributed by atoms with van der Waals surface area (Å²) in [6.07, 6.45) is 5.04. The van der Waals surface area contributed by atoms with Gasteiger partial charge in [-0.3, -0.25) is 4.99 Å². The third kappa shape index (κ3) is 6.62. The molecule has 6 heteroatoms. The molecule has 0 saturated carbocycles. The SMILES string of the molecule is COC(C)(C)CN=C(NCCc1ccco1)NCC1CCCO1. The van der Waals surface area contributed by atoms with Crippen molar-refractivity contribution in [3.63, 3.8) is 0 Å². The Balaban J connectivity index is 1.82. The van der Waals surface area contributed by atoms with E-state index >= 15 is 0 Å². The average Bonchev–Trinajstić information content (AvgIpc) is 3.23. The number of furan rings is 1. The van der Waals surface area contributed by atoms with Crippen molar-refractivity contribution in [2.24, 2.45) is 4.99 Å². The van der Waals surface area contributed by atoms with E-state index in [1.54, 1.807) is 13.4 Å². The number of nitrogens with zero attached hydrogens (tertiary/aromatic N) is 1. The van der Waals surface area contributed by atoms with Crippen molar-refractivity contribution in [3.8, 4) is 0 Å². The van der Waals surface area contributed by atoms with Crippen molar-refractivity contribution in [1.29, 1.82) is 0 Å². The van der Waals surface area contributed by atoms with E-state index in [2.05, 4.69) is 15.6 Å². The van der Waals surface area contributed by atoms with E-state index in [-0.39, 0.29) is 11.7 Å². The number of methoxy groups -OCH3 is 1. The Morgan fingerprint density at radius 1 is 1.43 bits per heavy atom. The van der Waals surface area contributed by atoms with Crippen LogP contribution in [0.4, 0.5) is 0 Å². The van der Waals surface area contributed by atoms with Crippen molar-refractivity contribution in [2.75, 3.05) is 33.4 Å². The second kappa shape index (κ2) is 8.93. The van der Waals surface area contributed by atoms with Gasteiger partial charge in [0.1, 0.15) is 5.76 Å². The van der Waals surface area contributed by atoms with Crippen LogP contribution in [0.2, 0.25) is 0 Å². The minimum absolute atomic E-state index is 0.278. The third-order valence-electron chi connectivity index (χ3n) is 3.94. The second-order valence-corrected chi connectivity index (χ2v) is 6.40. The topological polar surface area (TPSA) is 68.0 Å². The van der Waals surface area contributed by atoms with Gasteiger partial charge in [-0.2, -0.15) is 0 Å². The lowest BCUT2D eigenvalue weighted by atomic mass is 10.1. The molecule has 6 nitrogen and oxygen atoms in total. The van der Waals surface area contributed by atoms with Crippen LogP contribution in [-0.4, -0.2) is 51.0 Å².